The molecule has 9 heteroatoms. The third kappa shape index (κ3) is 10.0. The minimum Gasteiger partial charge on any atom is -0.375 e. The number of aromatic amines is 1. The average molecular weight is 583 g/mol. The summed E-state index contributed by atoms with van der Waals surface area (Å²) < 4.78 is 14.1. The average Bonchev–Trinajstić information content (AvgIpc) is 3.45. The van der Waals surface area contributed by atoms with E-state index in [4.69, 9.17) is 0 Å². The van der Waals surface area contributed by atoms with Crippen molar-refractivity contribution < 1.29 is 16.8 Å². The summed E-state index contributed by atoms with van der Waals surface area (Å²) in [5.41, 5.74) is 2.60. The van der Waals surface area contributed by atoms with E-state index in [1.54, 1.807) is 37.1 Å². The van der Waals surface area contributed by atoms with Crippen LogP contribution < -0.4 is 10.6 Å². The second-order valence-corrected chi connectivity index (χ2v) is 10.1. The fraction of sp³-hybridized carbons (Fsp3) is 0.424. The van der Waals surface area contributed by atoms with E-state index in [9.17, 15) is 14.0 Å². The van der Waals surface area contributed by atoms with Gasteiger partial charge in [-0.2, -0.15) is 0 Å². The van der Waals surface area contributed by atoms with Crippen LogP contribution in [0.4, 0.5) is 9.18 Å². The molecule has 1 aliphatic rings. The zero-order valence-corrected chi connectivity index (χ0v) is 25.8. The summed E-state index contributed by atoms with van der Waals surface area (Å²) in [7, 11) is 1.70. The minimum atomic E-state index is -0.830. The smallest absolute Gasteiger partial charge is 0.318 e. The maximum Gasteiger partial charge on any atom is 0.318 e. The molecule has 3 amide bonds. The summed E-state index contributed by atoms with van der Waals surface area (Å²) >= 11 is 0. The second-order valence-electron chi connectivity index (χ2n) is 10.1. The fourth-order valence-corrected chi connectivity index (χ4v) is 4.58. The Morgan fingerprint density at radius 2 is 1.76 bits per heavy atom. The number of nitrogens with zero attached hydrogens (tertiary/aromatic N) is 3. The Hall–Kier alpha value is -4.14. The van der Waals surface area contributed by atoms with Crippen LogP contribution in [0.5, 0.6) is 0 Å². The van der Waals surface area contributed by atoms with E-state index < -0.39 is 17.9 Å². The van der Waals surface area contributed by atoms with Gasteiger partial charge in [0.2, 0.25) is 5.91 Å². The Morgan fingerprint density at radius 3 is 2.38 bits per heavy atom. The predicted molar refractivity (Wildman–Crippen MR) is 173 cm³/mol. The first-order chi connectivity index (χ1) is 20.2. The maximum absolute atomic E-state index is 14.1. The van der Waals surface area contributed by atoms with Crippen LogP contribution in [0.2, 0.25) is 0 Å². The number of imidazole rings is 1. The number of nitrogens with one attached hydrogen (secondary N) is 3. The molecule has 2 aromatic carbocycles. The number of fused-ring (bicyclic) bond motifs is 1. The van der Waals surface area contributed by atoms with Crippen molar-refractivity contribution >= 4 is 23.0 Å². The summed E-state index contributed by atoms with van der Waals surface area (Å²) in [5, 5.41) is 5.83. The van der Waals surface area contributed by atoms with Gasteiger partial charge in [-0.05, 0) is 50.8 Å². The largest absolute Gasteiger partial charge is 0.375 e. The van der Waals surface area contributed by atoms with Gasteiger partial charge in [-0.3, -0.25) is 4.79 Å². The first kappa shape index (κ1) is 34.1. The molecule has 1 fully saturated rings. The standard InChI is InChI=1S/C28H35FN6O2.C3H6.C2H6.2H2/c1-19(35-15-8-5-9-16-35)17-24(32-28(37)34(3)18-21-11-6-4-7-12-21)27(36)30-20(2)26-31-23-14-10-13-22(29)25(23)33-26;1-3-2;1-2;;/h4,6-7,10-14,20,24H,1,5,8-9,15-18H2,2-3H3,(H,30,36)(H,31,33)(H,32,37);3H,1H2,2H3;1-2H3;2*1H/t20-,24-;;;;/m0..../s1. The highest BCUT2D eigenvalue weighted by molar-refractivity contribution is 5.87. The second kappa shape index (κ2) is 17.6. The third-order valence-electron chi connectivity index (χ3n) is 6.72. The molecule has 8 nitrogen and oxygen atoms in total. The molecule has 0 bridgehead atoms. The van der Waals surface area contributed by atoms with Gasteiger partial charge < -0.3 is 25.4 Å². The van der Waals surface area contributed by atoms with Crippen molar-refractivity contribution in [2.45, 2.75) is 72.0 Å². The molecule has 42 heavy (non-hydrogen) atoms. The topological polar surface area (TPSA) is 93.4 Å². The monoisotopic (exact) mass is 582 g/mol. The summed E-state index contributed by atoms with van der Waals surface area (Å²) in [4.78, 5) is 37.6. The van der Waals surface area contributed by atoms with E-state index in [1.165, 1.54) is 12.5 Å². The lowest BCUT2D eigenvalue weighted by Crippen LogP contribution is -2.51. The van der Waals surface area contributed by atoms with E-state index in [1.807, 2.05) is 51.1 Å². The van der Waals surface area contributed by atoms with Crippen LogP contribution in [0.15, 0.2) is 73.5 Å². The van der Waals surface area contributed by atoms with Crippen LogP contribution in [-0.2, 0) is 11.3 Å². The summed E-state index contributed by atoms with van der Waals surface area (Å²) in [5.74, 6) is -0.342. The number of allylic oxidation sites excluding steroid dienone is 1. The number of para-hydroxylation sites is 1. The number of urea groups is 1. The number of benzene rings is 2. The van der Waals surface area contributed by atoms with Gasteiger partial charge in [0, 0.05) is 41.7 Å². The van der Waals surface area contributed by atoms with Crippen LogP contribution in [0.25, 0.3) is 11.0 Å². The SMILES string of the molecule is C=C(C[C@H](NC(=O)N(C)Cc1ccccc1)C(=O)N[C@@H](C)c1nc2c(F)cccc2[nH]1)N1CCCCC1.C=CC.CC.[HH].[HH]. The first-order valence-electron chi connectivity index (χ1n) is 14.7. The molecule has 232 valence electrons. The molecular formula is C33H51FN6O2. The fourth-order valence-electron chi connectivity index (χ4n) is 4.58. The van der Waals surface area contributed by atoms with E-state index >= 15 is 0 Å². The lowest BCUT2D eigenvalue weighted by Gasteiger charge is -2.32. The number of carbonyl (C=O) groups is 2. The normalized spacial score (nSPS) is 13.8. The number of rotatable bonds is 9. The molecule has 2 atom stereocenters. The summed E-state index contributed by atoms with van der Waals surface area (Å²) in [6, 6.07) is 12.6. The van der Waals surface area contributed by atoms with Gasteiger partial charge in [0.15, 0.2) is 5.82 Å². The van der Waals surface area contributed by atoms with Gasteiger partial charge in [0.05, 0.1) is 11.6 Å². The Labute approximate surface area is 253 Å². The zero-order chi connectivity index (χ0) is 31.1. The van der Waals surface area contributed by atoms with E-state index in [2.05, 4.69) is 38.7 Å². The molecule has 0 saturated carbocycles. The van der Waals surface area contributed by atoms with Crippen molar-refractivity contribution in [1.29, 1.82) is 0 Å². The van der Waals surface area contributed by atoms with Crippen molar-refractivity contribution in [3.8, 4) is 0 Å². The first-order valence-corrected chi connectivity index (χ1v) is 14.7. The quantitative estimate of drug-likeness (QED) is 0.233. The molecule has 1 aliphatic heterocycles. The van der Waals surface area contributed by atoms with Crippen molar-refractivity contribution in [2.24, 2.45) is 0 Å². The van der Waals surface area contributed by atoms with Gasteiger partial charge in [-0.15, -0.1) is 6.58 Å². The van der Waals surface area contributed by atoms with Crippen molar-refractivity contribution in [1.82, 2.24) is 30.4 Å². The van der Waals surface area contributed by atoms with E-state index in [0.29, 0.717) is 17.9 Å². The number of piperidine rings is 1. The summed E-state index contributed by atoms with van der Waals surface area (Å²) in [6.45, 7) is 17.4. The molecule has 0 radical (unpaired) electrons. The van der Waals surface area contributed by atoms with Crippen LogP contribution >= 0.6 is 0 Å². The number of halogens is 1. The van der Waals surface area contributed by atoms with Gasteiger partial charge in [0.25, 0.3) is 0 Å². The molecule has 1 aromatic heterocycles. The Balaban J connectivity index is 0.00000249. The van der Waals surface area contributed by atoms with Crippen LogP contribution in [-0.4, -0.2) is 57.9 Å². The van der Waals surface area contributed by atoms with E-state index in [0.717, 1.165) is 37.2 Å². The number of aromatic nitrogens is 2. The summed E-state index contributed by atoms with van der Waals surface area (Å²) in [6.07, 6.45) is 5.39. The minimum absolute atomic E-state index is 0. The predicted octanol–water partition coefficient (Wildman–Crippen LogP) is 7.19. The van der Waals surface area contributed by atoms with Gasteiger partial charge >= 0.3 is 6.03 Å². The molecule has 3 aromatic rings. The van der Waals surface area contributed by atoms with Crippen LogP contribution in [0, 0.1) is 5.82 Å². The lowest BCUT2D eigenvalue weighted by atomic mass is 10.1. The van der Waals surface area contributed by atoms with Gasteiger partial charge in [0.1, 0.15) is 17.4 Å². The molecule has 0 spiro atoms. The number of hydrogen-bond donors (Lipinski definition) is 3. The van der Waals surface area contributed by atoms with Crippen molar-refractivity contribution in [3.05, 3.63) is 90.7 Å². The molecular weight excluding hydrogens is 531 g/mol. The van der Waals surface area contributed by atoms with E-state index in [-0.39, 0.29) is 26.7 Å². The molecule has 2 heterocycles. The Morgan fingerprint density at radius 1 is 1.12 bits per heavy atom. The Bertz CT molecular complexity index is 1300. The highest BCUT2D eigenvalue weighted by Gasteiger charge is 2.27. The number of likely N-dealkylation sites (tertiary alicyclic amines) is 1. The molecule has 3 N–H and O–H groups in total. The third-order valence-corrected chi connectivity index (χ3v) is 6.72. The van der Waals surface area contributed by atoms with Gasteiger partial charge in [-0.1, -0.05) is 62.9 Å². The highest BCUT2D eigenvalue weighted by Crippen LogP contribution is 2.20. The number of hydrogen-bond acceptors (Lipinski definition) is 4. The van der Waals surface area contributed by atoms with Crippen LogP contribution in [0.1, 0.15) is 73.7 Å². The molecule has 4 rings (SSSR count). The Kier molecular flexibility index (Phi) is 14.3. The van der Waals surface area contributed by atoms with Crippen molar-refractivity contribution in [2.75, 3.05) is 20.1 Å². The van der Waals surface area contributed by atoms with Gasteiger partial charge in [-0.25, -0.2) is 14.2 Å². The number of carbonyl (C=O) groups excluding carboxylic acids is 2. The molecule has 1 saturated heterocycles. The zero-order valence-electron chi connectivity index (χ0n) is 25.8. The molecule has 0 aliphatic carbocycles. The highest BCUT2D eigenvalue weighted by atomic mass is 19.1. The van der Waals surface area contributed by atoms with Crippen LogP contribution in [0.3, 0.4) is 0 Å². The van der Waals surface area contributed by atoms with Crippen molar-refractivity contribution in [3.63, 3.8) is 0 Å². The maximum atomic E-state index is 14.1. The number of H-pyrrole nitrogens is 1. The number of amides is 3. The molecule has 0 unspecified atom stereocenters. The lowest BCUT2D eigenvalue weighted by molar-refractivity contribution is -0.123.